The van der Waals surface area contributed by atoms with Gasteiger partial charge in [0.05, 0.1) is 16.8 Å². The molecule has 0 saturated heterocycles. The van der Waals surface area contributed by atoms with Crippen LogP contribution < -0.4 is 9.73 Å². The minimum absolute atomic E-state index is 0.0752. The molecule has 0 aliphatic carbocycles. The van der Waals surface area contributed by atoms with Crippen LogP contribution in [0.1, 0.15) is 5.56 Å². The highest BCUT2D eigenvalue weighted by molar-refractivity contribution is 7.93. The van der Waals surface area contributed by atoms with Gasteiger partial charge in [-0.3, -0.25) is 14.2 Å². The van der Waals surface area contributed by atoms with Crippen molar-refractivity contribution in [2.24, 2.45) is 5.10 Å². The van der Waals surface area contributed by atoms with Crippen LogP contribution in [0.4, 0.5) is 5.69 Å². The van der Waals surface area contributed by atoms with Gasteiger partial charge in [-0.15, -0.1) is 0 Å². The summed E-state index contributed by atoms with van der Waals surface area (Å²) in [7, 11) is -4.07. The third-order valence-electron chi connectivity index (χ3n) is 5.37. The zero-order chi connectivity index (χ0) is 24.6. The molecule has 1 amide bonds. The Morgan fingerprint density at radius 1 is 1.03 bits per heavy atom. The Balaban J connectivity index is 1.51. The average molecular weight is 526 g/mol. The van der Waals surface area contributed by atoms with Gasteiger partial charge in [0.25, 0.3) is 15.9 Å². The predicted octanol–water partition coefficient (Wildman–Crippen LogP) is 4.71. The average Bonchev–Trinajstić information content (AvgIpc) is 3.28. The van der Waals surface area contributed by atoms with Crippen LogP contribution in [0.3, 0.4) is 0 Å². The van der Waals surface area contributed by atoms with Crippen LogP contribution in [-0.2, 0) is 14.8 Å². The van der Waals surface area contributed by atoms with Crippen molar-refractivity contribution in [3.63, 3.8) is 0 Å². The first-order valence-corrected chi connectivity index (χ1v) is 12.6. The summed E-state index contributed by atoms with van der Waals surface area (Å²) in [5, 5.41) is 12.3. The standard InChI is InChI=1S/C24H17Cl2N5O3S/c25-17-10-8-15(9-11-17)13-27-28-21(32)14-31-24-22(16-4-3-5-18(26)12-16)29-30-23(24)19-6-1-2-7-20(19)35(31,33)34/h1-13H,14H2,(H,28,32)(H,29,30). The maximum absolute atomic E-state index is 13.6. The predicted molar refractivity (Wildman–Crippen MR) is 136 cm³/mol. The van der Waals surface area contributed by atoms with Gasteiger partial charge in [0, 0.05) is 21.2 Å². The lowest BCUT2D eigenvalue weighted by atomic mass is 10.1. The van der Waals surface area contributed by atoms with Crippen LogP contribution in [0.15, 0.2) is 82.8 Å². The summed E-state index contributed by atoms with van der Waals surface area (Å²) in [6, 6.07) is 20.3. The summed E-state index contributed by atoms with van der Waals surface area (Å²) in [4.78, 5) is 12.9. The largest absolute Gasteiger partial charge is 0.275 e. The van der Waals surface area contributed by atoms with E-state index in [1.807, 2.05) is 0 Å². The number of carbonyl (C=O) groups is 1. The number of anilines is 1. The van der Waals surface area contributed by atoms with Gasteiger partial charge in [-0.05, 0) is 35.9 Å². The van der Waals surface area contributed by atoms with Crippen LogP contribution in [0.2, 0.25) is 10.0 Å². The number of fused-ring (bicyclic) bond motifs is 3. The summed E-state index contributed by atoms with van der Waals surface area (Å²) in [5.41, 5.74) is 5.30. The highest BCUT2D eigenvalue weighted by Crippen LogP contribution is 2.46. The van der Waals surface area contributed by atoms with Crippen LogP contribution in [0.5, 0.6) is 0 Å². The number of aromatic nitrogens is 2. The number of hydrogen-bond acceptors (Lipinski definition) is 5. The number of hydrazone groups is 1. The SMILES string of the molecule is O=C(CN1c2c(-c3cccc(Cl)c3)n[nH]c2-c2ccccc2S1(=O)=O)NN=Cc1ccc(Cl)cc1. The lowest BCUT2D eigenvalue weighted by Crippen LogP contribution is -2.41. The number of sulfonamides is 1. The summed E-state index contributed by atoms with van der Waals surface area (Å²) in [5.74, 6) is -0.623. The summed E-state index contributed by atoms with van der Waals surface area (Å²) in [6.07, 6.45) is 1.44. The Morgan fingerprint density at radius 3 is 2.57 bits per heavy atom. The fourth-order valence-corrected chi connectivity index (χ4v) is 5.76. The fourth-order valence-electron chi connectivity index (χ4n) is 3.80. The first-order valence-electron chi connectivity index (χ1n) is 10.4. The van der Waals surface area contributed by atoms with E-state index in [1.165, 1.54) is 12.3 Å². The van der Waals surface area contributed by atoms with E-state index in [1.54, 1.807) is 66.7 Å². The molecule has 1 aromatic heterocycles. The summed E-state index contributed by atoms with van der Waals surface area (Å²) in [6.45, 7) is -0.505. The molecule has 0 spiro atoms. The molecule has 0 radical (unpaired) electrons. The zero-order valence-electron chi connectivity index (χ0n) is 17.9. The number of benzene rings is 3. The van der Waals surface area contributed by atoms with Crippen molar-refractivity contribution < 1.29 is 13.2 Å². The smallest absolute Gasteiger partial charge is 0.265 e. The number of aromatic amines is 1. The van der Waals surface area contributed by atoms with E-state index in [9.17, 15) is 13.2 Å². The Bertz CT molecular complexity index is 1570. The number of halogens is 2. The molecule has 3 aromatic carbocycles. The van der Waals surface area contributed by atoms with Crippen LogP contribution >= 0.6 is 23.2 Å². The minimum Gasteiger partial charge on any atom is -0.275 e. The second-order valence-corrected chi connectivity index (χ2v) is 10.4. The molecule has 2 heterocycles. The highest BCUT2D eigenvalue weighted by Gasteiger charge is 2.39. The highest BCUT2D eigenvalue weighted by atomic mass is 35.5. The number of amides is 1. The number of nitrogens with zero attached hydrogens (tertiary/aromatic N) is 3. The molecule has 5 rings (SSSR count). The molecule has 2 N–H and O–H groups in total. The molecule has 11 heteroatoms. The number of carbonyl (C=O) groups excluding carboxylic acids is 1. The second-order valence-electron chi connectivity index (χ2n) is 7.66. The van der Waals surface area contributed by atoms with Crippen molar-refractivity contribution in [1.29, 1.82) is 0 Å². The molecule has 176 valence electrons. The van der Waals surface area contributed by atoms with Crippen LogP contribution in [0, 0.1) is 0 Å². The van der Waals surface area contributed by atoms with Gasteiger partial charge in [0.15, 0.2) is 0 Å². The third-order valence-corrected chi connectivity index (χ3v) is 7.66. The van der Waals surface area contributed by atoms with Gasteiger partial charge in [-0.2, -0.15) is 10.2 Å². The van der Waals surface area contributed by atoms with Crippen molar-refractivity contribution in [1.82, 2.24) is 15.6 Å². The zero-order valence-corrected chi connectivity index (χ0v) is 20.3. The lowest BCUT2D eigenvalue weighted by Gasteiger charge is -2.29. The molecule has 0 unspecified atom stereocenters. The molecule has 1 aliphatic rings. The molecule has 0 bridgehead atoms. The maximum atomic E-state index is 13.6. The maximum Gasteiger partial charge on any atom is 0.265 e. The summed E-state index contributed by atoms with van der Waals surface area (Å²) < 4.78 is 28.2. The Kier molecular flexibility index (Phi) is 6.06. The van der Waals surface area contributed by atoms with E-state index in [2.05, 4.69) is 20.7 Å². The quantitative estimate of drug-likeness (QED) is 0.290. The van der Waals surface area contributed by atoms with Gasteiger partial charge in [0.2, 0.25) is 0 Å². The summed E-state index contributed by atoms with van der Waals surface area (Å²) >= 11 is 12.0. The van der Waals surface area contributed by atoms with Crippen molar-refractivity contribution >= 4 is 51.0 Å². The molecule has 0 saturated carbocycles. The molecule has 8 nitrogen and oxygen atoms in total. The molecule has 4 aromatic rings. The fraction of sp³-hybridized carbons (Fsp3) is 0.0417. The van der Waals surface area contributed by atoms with Crippen molar-refractivity contribution in [3.05, 3.63) is 88.4 Å². The number of nitrogens with one attached hydrogen (secondary N) is 2. The van der Waals surface area contributed by atoms with E-state index >= 15 is 0 Å². The first-order chi connectivity index (χ1) is 16.8. The first kappa shape index (κ1) is 23.1. The number of rotatable bonds is 5. The van der Waals surface area contributed by atoms with Crippen LogP contribution in [0.25, 0.3) is 22.5 Å². The van der Waals surface area contributed by atoms with Crippen LogP contribution in [-0.4, -0.2) is 37.3 Å². The topological polar surface area (TPSA) is 108 Å². The van der Waals surface area contributed by atoms with Gasteiger partial charge in [0.1, 0.15) is 17.9 Å². The Hall–Kier alpha value is -3.66. The number of hydrogen-bond donors (Lipinski definition) is 2. The Morgan fingerprint density at radius 2 is 1.80 bits per heavy atom. The monoisotopic (exact) mass is 525 g/mol. The van der Waals surface area contributed by atoms with Gasteiger partial charge in [-0.1, -0.05) is 65.7 Å². The van der Waals surface area contributed by atoms with Gasteiger partial charge >= 0.3 is 0 Å². The third kappa shape index (κ3) is 4.41. The van der Waals surface area contributed by atoms with E-state index < -0.39 is 22.5 Å². The van der Waals surface area contributed by atoms with E-state index in [0.29, 0.717) is 32.6 Å². The minimum atomic E-state index is -4.07. The van der Waals surface area contributed by atoms with Crippen molar-refractivity contribution in [2.75, 3.05) is 10.8 Å². The molecule has 0 fully saturated rings. The van der Waals surface area contributed by atoms with E-state index in [0.717, 1.165) is 9.87 Å². The van der Waals surface area contributed by atoms with Gasteiger partial charge in [-0.25, -0.2) is 13.8 Å². The van der Waals surface area contributed by atoms with Crippen molar-refractivity contribution in [2.45, 2.75) is 4.90 Å². The molecule has 0 atom stereocenters. The normalized spacial score (nSPS) is 13.9. The number of H-pyrrole nitrogens is 1. The lowest BCUT2D eigenvalue weighted by molar-refractivity contribution is -0.119. The second kappa shape index (κ2) is 9.18. The van der Waals surface area contributed by atoms with Crippen molar-refractivity contribution in [3.8, 4) is 22.5 Å². The molecular formula is C24H17Cl2N5O3S. The molecular weight excluding hydrogens is 509 g/mol. The molecule has 1 aliphatic heterocycles. The molecule has 35 heavy (non-hydrogen) atoms. The van der Waals surface area contributed by atoms with E-state index in [-0.39, 0.29) is 10.6 Å². The van der Waals surface area contributed by atoms with Gasteiger partial charge < -0.3 is 0 Å². The Labute approximate surface area is 211 Å². The van der Waals surface area contributed by atoms with E-state index in [4.69, 9.17) is 23.2 Å².